The van der Waals surface area contributed by atoms with E-state index in [0.29, 0.717) is 5.92 Å². The molecular formula is C10H12Br2. The Bertz CT molecular complexity index is 245. The lowest BCUT2D eigenvalue weighted by Gasteiger charge is -2.08. The van der Waals surface area contributed by atoms with Crippen molar-refractivity contribution in [3.63, 3.8) is 0 Å². The average Bonchev–Trinajstić information content (AvgIpc) is 2.09. The van der Waals surface area contributed by atoms with Crippen LogP contribution in [0, 0.1) is 5.92 Å². The van der Waals surface area contributed by atoms with E-state index in [1.165, 1.54) is 10.0 Å². The third kappa shape index (κ3) is 2.91. The number of rotatable bonds is 3. The fourth-order valence-electron chi connectivity index (χ4n) is 1.09. The molecule has 0 heterocycles. The van der Waals surface area contributed by atoms with Crippen molar-refractivity contribution in [1.82, 2.24) is 0 Å². The maximum absolute atomic E-state index is 3.54. The first-order chi connectivity index (χ1) is 5.74. The molecule has 1 aromatic carbocycles. The van der Waals surface area contributed by atoms with Gasteiger partial charge in [-0.15, -0.1) is 0 Å². The molecular weight excluding hydrogens is 280 g/mol. The predicted octanol–water partition coefficient (Wildman–Crippen LogP) is 4.02. The fourth-order valence-corrected chi connectivity index (χ4v) is 1.77. The summed E-state index contributed by atoms with van der Waals surface area (Å²) in [6.45, 7) is 2.24. The summed E-state index contributed by atoms with van der Waals surface area (Å²) in [7, 11) is 0. The largest absolute Gasteiger partial charge is 0.0925 e. The van der Waals surface area contributed by atoms with Gasteiger partial charge < -0.3 is 0 Å². The lowest BCUT2D eigenvalue weighted by atomic mass is 10.0. The van der Waals surface area contributed by atoms with E-state index in [2.05, 4.69) is 57.0 Å². The van der Waals surface area contributed by atoms with Crippen LogP contribution >= 0.6 is 31.9 Å². The molecule has 1 rings (SSSR count). The maximum atomic E-state index is 3.54. The van der Waals surface area contributed by atoms with Gasteiger partial charge in [-0.25, -0.2) is 0 Å². The molecule has 0 amide bonds. The van der Waals surface area contributed by atoms with Crippen LogP contribution in [0.5, 0.6) is 0 Å². The SMILES string of the molecule is CC(CBr)Cc1ccccc1Br. The van der Waals surface area contributed by atoms with Crippen LogP contribution in [0.2, 0.25) is 0 Å². The summed E-state index contributed by atoms with van der Waals surface area (Å²) < 4.78 is 1.22. The quantitative estimate of drug-likeness (QED) is 0.738. The highest BCUT2D eigenvalue weighted by molar-refractivity contribution is 9.10. The Morgan fingerprint density at radius 1 is 1.33 bits per heavy atom. The topological polar surface area (TPSA) is 0 Å². The van der Waals surface area contributed by atoms with Gasteiger partial charge in [0, 0.05) is 9.80 Å². The Balaban J connectivity index is 2.69. The molecule has 0 spiro atoms. The smallest absolute Gasteiger partial charge is 0.0207 e. The molecule has 1 aromatic rings. The van der Waals surface area contributed by atoms with Gasteiger partial charge in [0.05, 0.1) is 0 Å². The lowest BCUT2D eigenvalue weighted by Crippen LogP contribution is -2.00. The van der Waals surface area contributed by atoms with Crippen LogP contribution in [0.25, 0.3) is 0 Å². The van der Waals surface area contributed by atoms with Gasteiger partial charge in [-0.3, -0.25) is 0 Å². The summed E-state index contributed by atoms with van der Waals surface area (Å²) in [6, 6.07) is 8.40. The number of benzene rings is 1. The molecule has 0 nitrogen and oxygen atoms in total. The average molecular weight is 292 g/mol. The van der Waals surface area contributed by atoms with Gasteiger partial charge in [0.25, 0.3) is 0 Å². The van der Waals surface area contributed by atoms with Crippen molar-refractivity contribution in [2.75, 3.05) is 5.33 Å². The second kappa shape index (κ2) is 5.03. The van der Waals surface area contributed by atoms with E-state index in [1.54, 1.807) is 0 Å². The predicted molar refractivity (Wildman–Crippen MR) is 60.8 cm³/mol. The Hall–Kier alpha value is 0.180. The molecule has 0 N–H and O–H groups in total. The van der Waals surface area contributed by atoms with Crippen LogP contribution in [-0.2, 0) is 6.42 Å². The summed E-state index contributed by atoms with van der Waals surface area (Å²) in [5, 5.41) is 1.06. The maximum Gasteiger partial charge on any atom is 0.0207 e. The Kier molecular flexibility index (Phi) is 4.30. The molecule has 66 valence electrons. The minimum absolute atomic E-state index is 0.698. The zero-order valence-corrected chi connectivity index (χ0v) is 10.2. The van der Waals surface area contributed by atoms with Crippen molar-refractivity contribution >= 4 is 31.9 Å². The van der Waals surface area contributed by atoms with Crippen molar-refractivity contribution in [2.24, 2.45) is 5.92 Å². The van der Waals surface area contributed by atoms with E-state index in [4.69, 9.17) is 0 Å². The summed E-state index contributed by atoms with van der Waals surface area (Å²) in [5.74, 6) is 0.698. The Morgan fingerprint density at radius 3 is 2.58 bits per heavy atom. The summed E-state index contributed by atoms with van der Waals surface area (Å²) >= 11 is 7.02. The van der Waals surface area contributed by atoms with Crippen molar-refractivity contribution in [2.45, 2.75) is 13.3 Å². The first kappa shape index (κ1) is 10.3. The Morgan fingerprint density at radius 2 is 2.00 bits per heavy atom. The van der Waals surface area contributed by atoms with Crippen molar-refractivity contribution < 1.29 is 0 Å². The third-order valence-corrected chi connectivity index (χ3v) is 3.67. The summed E-state index contributed by atoms with van der Waals surface area (Å²) in [4.78, 5) is 0. The highest BCUT2D eigenvalue weighted by atomic mass is 79.9. The van der Waals surface area contributed by atoms with E-state index in [0.717, 1.165) is 11.8 Å². The van der Waals surface area contributed by atoms with E-state index in [1.807, 2.05) is 6.07 Å². The second-order valence-electron chi connectivity index (χ2n) is 3.06. The number of hydrogen-bond acceptors (Lipinski definition) is 0. The zero-order valence-electron chi connectivity index (χ0n) is 7.06. The van der Waals surface area contributed by atoms with Gasteiger partial charge in [0.1, 0.15) is 0 Å². The van der Waals surface area contributed by atoms with Gasteiger partial charge >= 0.3 is 0 Å². The molecule has 0 radical (unpaired) electrons. The van der Waals surface area contributed by atoms with E-state index in [9.17, 15) is 0 Å². The molecule has 0 aliphatic carbocycles. The van der Waals surface area contributed by atoms with Crippen molar-refractivity contribution in [1.29, 1.82) is 0 Å². The van der Waals surface area contributed by atoms with E-state index >= 15 is 0 Å². The van der Waals surface area contributed by atoms with Gasteiger partial charge in [-0.1, -0.05) is 57.0 Å². The molecule has 1 atom stereocenters. The molecule has 0 fully saturated rings. The number of alkyl halides is 1. The summed E-state index contributed by atoms with van der Waals surface area (Å²) in [6.07, 6.45) is 1.13. The molecule has 2 heteroatoms. The minimum Gasteiger partial charge on any atom is -0.0925 e. The first-order valence-corrected chi connectivity index (χ1v) is 5.95. The van der Waals surface area contributed by atoms with Crippen LogP contribution in [0.3, 0.4) is 0 Å². The highest BCUT2D eigenvalue weighted by Crippen LogP contribution is 2.19. The normalized spacial score (nSPS) is 12.9. The zero-order chi connectivity index (χ0) is 8.97. The van der Waals surface area contributed by atoms with Crippen LogP contribution in [0.15, 0.2) is 28.7 Å². The Labute approximate surface area is 90.6 Å². The van der Waals surface area contributed by atoms with Crippen LogP contribution < -0.4 is 0 Å². The molecule has 0 aliphatic rings. The van der Waals surface area contributed by atoms with Gasteiger partial charge in [-0.2, -0.15) is 0 Å². The number of hydrogen-bond donors (Lipinski definition) is 0. The van der Waals surface area contributed by atoms with Gasteiger partial charge in [0.2, 0.25) is 0 Å². The van der Waals surface area contributed by atoms with Crippen molar-refractivity contribution in [3.05, 3.63) is 34.3 Å². The van der Waals surface area contributed by atoms with Crippen LogP contribution in [-0.4, -0.2) is 5.33 Å². The third-order valence-electron chi connectivity index (χ3n) is 1.79. The number of halogens is 2. The fraction of sp³-hybridized carbons (Fsp3) is 0.400. The molecule has 1 unspecified atom stereocenters. The minimum atomic E-state index is 0.698. The van der Waals surface area contributed by atoms with Crippen LogP contribution in [0.1, 0.15) is 12.5 Å². The van der Waals surface area contributed by atoms with E-state index in [-0.39, 0.29) is 0 Å². The monoisotopic (exact) mass is 290 g/mol. The molecule has 0 aliphatic heterocycles. The standard InChI is InChI=1S/C10H12Br2/c1-8(7-11)6-9-4-2-3-5-10(9)12/h2-5,8H,6-7H2,1H3. The van der Waals surface area contributed by atoms with Gasteiger partial charge in [0.15, 0.2) is 0 Å². The second-order valence-corrected chi connectivity index (χ2v) is 4.56. The molecule has 0 saturated heterocycles. The van der Waals surface area contributed by atoms with Gasteiger partial charge in [-0.05, 0) is 24.0 Å². The molecule has 0 bridgehead atoms. The van der Waals surface area contributed by atoms with E-state index < -0.39 is 0 Å². The summed E-state index contributed by atoms with van der Waals surface area (Å²) in [5.41, 5.74) is 1.39. The molecule has 0 saturated carbocycles. The first-order valence-electron chi connectivity index (χ1n) is 4.03. The molecule has 12 heavy (non-hydrogen) atoms. The lowest BCUT2D eigenvalue weighted by molar-refractivity contribution is 0.661. The van der Waals surface area contributed by atoms with Crippen LogP contribution in [0.4, 0.5) is 0 Å². The van der Waals surface area contributed by atoms with Crippen molar-refractivity contribution in [3.8, 4) is 0 Å². The molecule has 0 aromatic heterocycles. The highest BCUT2D eigenvalue weighted by Gasteiger charge is 2.03.